The molecule has 0 aromatic rings. The van der Waals surface area contributed by atoms with E-state index in [1.54, 1.807) is 0 Å². The van der Waals surface area contributed by atoms with Crippen molar-refractivity contribution in [3.05, 3.63) is 0 Å². The number of nitrogens with one attached hydrogen (secondary N) is 1. The van der Waals surface area contributed by atoms with E-state index in [0.29, 0.717) is 12.0 Å². The topological polar surface area (TPSA) is 15.3 Å². The second-order valence-electron chi connectivity index (χ2n) is 4.41. The third-order valence-corrected chi connectivity index (χ3v) is 3.75. The fourth-order valence-electron chi connectivity index (χ4n) is 2.32. The summed E-state index contributed by atoms with van der Waals surface area (Å²) in [6.45, 7) is 10.1. The van der Waals surface area contributed by atoms with E-state index in [1.807, 2.05) is 0 Å². The minimum absolute atomic E-state index is 0.594. The van der Waals surface area contributed by atoms with Gasteiger partial charge in [0.1, 0.15) is 0 Å². The zero-order chi connectivity index (χ0) is 11.3. The zero-order valence-corrected chi connectivity index (χ0v) is 11.1. The Labute approximate surface area is 99.4 Å². The zero-order valence-electron chi connectivity index (χ0n) is 10.3. The Bertz CT molecular complexity index is 202. The molecule has 0 amide bonds. The Morgan fingerprint density at radius 3 is 2.53 bits per heavy atom. The maximum Gasteiger partial charge on any atom is 0.0800 e. The van der Waals surface area contributed by atoms with Gasteiger partial charge < -0.3 is 10.2 Å². The molecule has 0 aromatic heterocycles. The second-order valence-corrected chi connectivity index (χ2v) is 4.85. The van der Waals surface area contributed by atoms with Crippen molar-refractivity contribution in [3.8, 4) is 0 Å². The molecule has 1 aliphatic heterocycles. The Balaban J connectivity index is 2.39. The van der Waals surface area contributed by atoms with Gasteiger partial charge in [-0.15, -0.1) is 0 Å². The lowest BCUT2D eigenvalue weighted by Gasteiger charge is -2.21. The predicted octanol–water partition coefficient (Wildman–Crippen LogP) is 2.43. The molecule has 0 bridgehead atoms. The highest BCUT2D eigenvalue weighted by Gasteiger charge is 2.28. The van der Waals surface area contributed by atoms with Gasteiger partial charge in [-0.25, -0.2) is 0 Å². The van der Waals surface area contributed by atoms with Crippen LogP contribution >= 0.6 is 12.2 Å². The summed E-state index contributed by atoms with van der Waals surface area (Å²) in [4.78, 5) is 3.56. The first-order valence-electron chi connectivity index (χ1n) is 6.23. The summed E-state index contributed by atoms with van der Waals surface area (Å²) in [5, 5.41) is 3.46. The summed E-state index contributed by atoms with van der Waals surface area (Å²) in [6.07, 6.45) is 3.75. The van der Waals surface area contributed by atoms with Gasteiger partial charge in [-0.2, -0.15) is 0 Å². The third-order valence-electron chi connectivity index (χ3n) is 3.30. The number of thiocarbonyl (C=S) groups is 1. The van der Waals surface area contributed by atoms with Crippen LogP contribution in [0.25, 0.3) is 0 Å². The van der Waals surface area contributed by atoms with Crippen LogP contribution in [0.4, 0.5) is 0 Å². The Morgan fingerprint density at radius 2 is 2.00 bits per heavy atom. The highest BCUT2D eigenvalue weighted by atomic mass is 32.1. The first-order chi connectivity index (χ1) is 7.21. The second kappa shape index (κ2) is 6.44. The van der Waals surface area contributed by atoms with Crippen LogP contribution in [0.2, 0.25) is 0 Å². The smallest absolute Gasteiger partial charge is 0.0800 e. The van der Waals surface area contributed by atoms with E-state index >= 15 is 0 Å². The highest BCUT2D eigenvalue weighted by molar-refractivity contribution is 7.80. The van der Waals surface area contributed by atoms with Crippen LogP contribution in [-0.2, 0) is 0 Å². The van der Waals surface area contributed by atoms with Gasteiger partial charge in [-0.1, -0.05) is 39.4 Å². The summed E-state index contributed by atoms with van der Waals surface area (Å²) in [7, 11) is 0. The van der Waals surface area contributed by atoms with E-state index in [1.165, 1.54) is 19.3 Å². The van der Waals surface area contributed by atoms with E-state index in [-0.39, 0.29) is 0 Å². The molecule has 0 radical (unpaired) electrons. The summed E-state index contributed by atoms with van der Waals surface area (Å²) in [5.41, 5.74) is 0. The minimum atomic E-state index is 0.594. The number of hydrogen-bond donors (Lipinski definition) is 1. The molecule has 2 unspecified atom stereocenters. The molecule has 88 valence electrons. The van der Waals surface area contributed by atoms with Crippen LogP contribution in [-0.4, -0.2) is 35.6 Å². The lowest BCUT2D eigenvalue weighted by Crippen LogP contribution is -2.32. The fourth-order valence-corrected chi connectivity index (χ4v) is 2.66. The summed E-state index contributed by atoms with van der Waals surface area (Å²) in [6, 6.07) is 0.642. The standard InChI is InChI=1S/C12H24N2S/c1-4-7-11-8-10(12(15)13-11)9-14(5-2)6-3/h10-11H,4-9H2,1-3H3,(H,13,15). The fraction of sp³-hybridized carbons (Fsp3) is 0.917. The lowest BCUT2D eigenvalue weighted by atomic mass is 10.0. The average Bonchev–Trinajstić information content (AvgIpc) is 2.56. The van der Waals surface area contributed by atoms with Crippen LogP contribution in [0.5, 0.6) is 0 Å². The SMILES string of the molecule is CCCC1CC(CN(CC)CC)C(=S)N1. The van der Waals surface area contributed by atoms with Gasteiger partial charge in [0.05, 0.1) is 4.99 Å². The third kappa shape index (κ3) is 3.72. The number of rotatable bonds is 6. The lowest BCUT2D eigenvalue weighted by molar-refractivity contribution is 0.276. The van der Waals surface area contributed by atoms with Crippen molar-refractivity contribution < 1.29 is 0 Å². The van der Waals surface area contributed by atoms with Gasteiger partial charge in [-0.3, -0.25) is 0 Å². The molecule has 2 nitrogen and oxygen atoms in total. The molecule has 0 spiro atoms. The normalized spacial score (nSPS) is 26.0. The maximum absolute atomic E-state index is 5.41. The van der Waals surface area contributed by atoms with Crippen LogP contribution in [0.3, 0.4) is 0 Å². The van der Waals surface area contributed by atoms with E-state index in [2.05, 4.69) is 31.0 Å². The van der Waals surface area contributed by atoms with E-state index < -0.39 is 0 Å². The quantitative estimate of drug-likeness (QED) is 0.703. The molecule has 15 heavy (non-hydrogen) atoms. The van der Waals surface area contributed by atoms with Crippen molar-refractivity contribution in [1.29, 1.82) is 0 Å². The number of nitrogens with zero attached hydrogens (tertiary/aromatic N) is 1. The van der Waals surface area contributed by atoms with Crippen molar-refractivity contribution in [2.24, 2.45) is 5.92 Å². The molecule has 1 fully saturated rings. The molecule has 1 aliphatic rings. The van der Waals surface area contributed by atoms with Gasteiger partial charge in [0, 0.05) is 18.5 Å². The largest absolute Gasteiger partial charge is 0.377 e. The summed E-state index contributed by atoms with van der Waals surface area (Å²) in [5.74, 6) is 0.594. The molecule has 1 heterocycles. The van der Waals surface area contributed by atoms with E-state index in [0.717, 1.165) is 24.6 Å². The molecular formula is C12H24N2S. The first-order valence-corrected chi connectivity index (χ1v) is 6.64. The minimum Gasteiger partial charge on any atom is -0.377 e. The van der Waals surface area contributed by atoms with E-state index in [9.17, 15) is 0 Å². The average molecular weight is 228 g/mol. The predicted molar refractivity (Wildman–Crippen MR) is 70.3 cm³/mol. The maximum atomic E-state index is 5.41. The molecule has 0 aromatic carbocycles. The molecule has 2 atom stereocenters. The van der Waals surface area contributed by atoms with Crippen molar-refractivity contribution in [3.63, 3.8) is 0 Å². The van der Waals surface area contributed by atoms with Gasteiger partial charge in [0.25, 0.3) is 0 Å². The monoisotopic (exact) mass is 228 g/mol. The molecule has 1 rings (SSSR count). The molecular weight excluding hydrogens is 204 g/mol. The first kappa shape index (κ1) is 12.9. The van der Waals surface area contributed by atoms with Gasteiger partial charge >= 0.3 is 0 Å². The Hall–Kier alpha value is -0.150. The molecule has 1 saturated heterocycles. The van der Waals surface area contributed by atoms with Gasteiger partial charge in [0.15, 0.2) is 0 Å². The molecule has 1 N–H and O–H groups in total. The Kier molecular flexibility index (Phi) is 5.54. The molecule has 0 aliphatic carbocycles. The van der Waals surface area contributed by atoms with Crippen molar-refractivity contribution in [2.75, 3.05) is 19.6 Å². The van der Waals surface area contributed by atoms with Crippen molar-refractivity contribution >= 4 is 17.2 Å². The van der Waals surface area contributed by atoms with Crippen molar-refractivity contribution in [2.45, 2.75) is 46.1 Å². The van der Waals surface area contributed by atoms with E-state index in [4.69, 9.17) is 12.2 Å². The van der Waals surface area contributed by atoms with Crippen molar-refractivity contribution in [1.82, 2.24) is 10.2 Å². The number of hydrogen-bond acceptors (Lipinski definition) is 2. The molecule has 0 saturated carbocycles. The van der Waals surface area contributed by atoms with Crippen LogP contribution in [0.15, 0.2) is 0 Å². The molecule has 3 heteroatoms. The summed E-state index contributed by atoms with van der Waals surface area (Å²) < 4.78 is 0. The highest BCUT2D eigenvalue weighted by Crippen LogP contribution is 2.20. The van der Waals surface area contributed by atoms with Crippen LogP contribution < -0.4 is 5.32 Å². The van der Waals surface area contributed by atoms with Gasteiger partial charge in [-0.05, 0) is 25.9 Å². The van der Waals surface area contributed by atoms with Crippen LogP contribution in [0.1, 0.15) is 40.0 Å². The Morgan fingerprint density at radius 1 is 1.33 bits per heavy atom. The van der Waals surface area contributed by atoms with Crippen LogP contribution in [0, 0.1) is 5.92 Å². The summed E-state index contributed by atoms with van der Waals surface area (Å²) >= 11 is 5.41. The van der Waals surface area contributed by atoms with Gasteiger partial charge in [0.2, 0.25) is 0 Å².